The number of β-amino-alcohol motifs (C(OH)–C–C–N with tert-alkyl or cyclic N) is 1. The molecule has 1 saturated carbocycles. The summed E-state index contributed by atoms with van der Waals surface area (Å²) in [5, 5.41) is 10.5. The van der Waals surface area contributed by atoms with Gasteiger partial charge in [0, 0.05) is 37.8 Å². The zero-order valence-corrected chi connectivity index (χ0v) is 17.0. The molecule has 28 heavy (non-hydrogen) atoms. The van der Waals surface area contributed by atoms with Crippen molar-refractivity contribution in [3.8, 4) is 5.88 Å². The second kappa shape index (κ2) is 11.0. The van der Waals surface area contributed by atoms with Gasteiger partial charge in [-0.1, -0.05) is 39.2 Å². The molecular weight excluding hydrogens is 369 g/mol. The van der Waals surface area contributed by atoms with Gasteiger partial charge in [-0.15, -0.1) is 0 Å². The van der Waals surface area contributed by atoms with Crippen LogP contribution in [0.25, 0.3) is 0 Å². The van der Waals surface area contributed by atoms with Crippen LogP contribution in [0.2, 0.25) is 0 Å². The maximum atomic E-state index is 12.3. The van der Waals surface area contributed by atoms with Crippen molar-refractivity contribution in [1.29, 1.82) is 0 Å². The zero-order valence-electron chi connectivity index (χ0n) is 17.0. The highest BCUT2D eigenvalue weighted by molar-refractivity contribution is 5.27. The number of rotatable bonds is 5. The molecule has 160 valence electrons. The third-order valence-electron chi connectivity index (χ3n) is 5.43. The van der Waals surface area contributed by atoms with Crippen molar-refractivity contribution in [2.75, 3.05) is 26.2 Å². The van der Waals surface area contributed by atoms with E-state index in [1.807, 2.05) is 19.9 Å². The number of nitrogens with zero attached hydrogens (tertiary/aromatic N) is 2. The molecule has 3 rings (SSSR count). The lowest BCUT2D eigenvalue weighted by molar-refractivity contribution is -0.154. The van der Waals surface area contributed by atoms with Crippen molar-refractivity contribution in [2.24, 2.45) is 5.92 Å². The van der Waals surface area contributed by atoms with Gasteiger partial charge in [0.1, 0.15) is 0 Å². The fraction of sp³-hybridized carbons (Fsp3) is 0.762. The Bertz CT molecular complexity index is 590. The summed E-state index contributed by atoms with van der Waals surface area (Å²) in [7, 11) is 0. The molecule has 0 amide bonds. The molecule has 0 radical (unpaired) electrons. The monoisotopic (exact) mass is 402 g/mol. The van der Waals surface area contributed by atoms with Crippen molar-refractivity contribution < 1.29 is 23.0 Å². The number of aliphatic hydroxyl groups excluding tert-OH is 1. The van der Waals surface area contributed by atoms with E-state index < -0.39 is 12.8 Å². The number of fused-ring (bicyclic) bond motifs is 1. The number of halogens is 3. The molecule has 1 aromatic heterocycles. The summed E-state index contributed by atoms with van der Waals surface area (Å²) in [6.07, 6.45) is 2.70. The van der Waals surface area contributed by atoms with Crippen LogP contribution in [-0.2, 0) is 12.8 Å². The van der Waals surface area contributed by atoms with Gasteiger partial charge in [0.25, 0.3) is 0 Å². The number of ether oxygens (including phenoxy) is 1. The van der Waals surface area contributed by atoms with E-state index in [0.29, 0.717) is 18.9 Å². The van der Waals surface area contributed by atoms with E-state index in [-0.39, 0.29) is 12.0 Å². The van der Waals surface area contributed by atoms with E-state index >= 15 is 0 Å². The smallest absolute Gasteiger partial charge is 0.422 e. The predicted octanol–water partition coefficient (Wildman–Crippen LogP) is 4.39. The second-order valence-electron chi connectivity index (χ2n) is 7.43. The molecule has 1 aliphatic carbocycles. The highest BCUT2D eigenvalue weighted by Crippen LogP contribution is 2.27. The van der Waals surface area contributed by atoms with Crippen molar-refractivity contribution >= 4 is 0 Å². The summed E-state index contributed by atoms with van der Waals surface area (Å²) in [4.78, 5) is 6.52. The molecule has 0 saturated heterocycles. The predicted molar refractivity (Wildman–Crippen MR) is 104 cm³/mol. The Morgan fingerprint density at radius 2 is 1.82 bits per heavy atom. The maximum Gasteiger partial charge on any atom is 0.422 e. The van der Waals surface area contributed by atoms with Gasteiger partial charge < -0.3 is 14.7 Å². The molecule has 0 spiro atoms. The van der Waals surface area contributed by atoms with Gasteiger partial charge in [-0.05, 0) is 30.7 Å². The molecule has 1 fully saturated rings. The first-order chi connectivity index (χ1) is 13.4. The molecule has 0 aromatic carbocycles. The van der Waals surface area contributed by atoms with Crippen LogP contribution in [0.4, 0.5) is 13.2 Å². The van der Waals surface area contributed by atoms with Crippen LogP contribution in [-0.4, -0.2) is 53.5 Å². The van der Waals surface area contributed by atoms with Crippen molar-refractivity contribution in [2.45, 2.75) is 71.1 Å². The largest absolute Gasteiger partial charge is 0.468 e. The Balaban J connectivity index is 0.00000136. The van der Waals surface area contributed by atoms with Crippen molar-refractivity contribution in [3.05, 3.63) is 23.4 Å². The normalized spacial score (nSPS) is 19.8. The third kappa shape index (κ3) is 7.24. The number of alkyl halides is 3. The lowest BCUT2D eigenvalue weighted by Gasteiger charge is -2.30. The molecule has 2 aliphatic rings. The Kier molecular flexibility index (Phi) is 9.02. The summed E-state index contributed by atoms with van der Waals surface area (Å²) < 4.78 is 41.6. The molecule has 0 bridgehead atoms. The van der Waals surface area contributed by atoms with Gasteiger partial charge in [-0.25, -0.2) is 4.98 Å². The number of aromatic nitrogens is 1. The van der Waals surface area contributed by atoms with E-state index in [1.54, 1.807) is 0 Å². The summed E-state index contributed by atoms with van der Waals surface area (Å²) in [5.74, 6) is 0.423. The minimum atomic E-state index is -4.36. The first kappa shape index (κ1) is 22.9. The van der Waals surface area contributed by atoms with E-state index in [9.17, 15) is 18.3 Å². The fourth-order valence-electron chi connectivity index (χ4n) is 3.96. The van der Waals surface area contributed by atoms with Crippen LogP contribution >= 0.6 is 0 Å². The Morgan fingerprint density at radius 3 is 2.50 bits per heavy atom. The number of hydrogen-bond donors (Lipinski definition) is 1. The first-order valence-electron chi connectivity index (χ1n) is 10.5. The second-order valence-corrected chi connectivity index (χ2v) is 7.43. The Labute approximate surface area is 166 Å². The van der Waals surface area contributed by atoms with E-state index in [4.69, 9.17) is 4.74 Å². The number of hydrogen-bond acceptors (Lipinski definition) is 4. The minimum absolute atomic E-state index is 0.0248. The minimum Gasteiger partial charge on any atom is -0.468 e. The van der Waals surface area contributed by atoms with E-state index in [1.165, 1.54) is 25.3 Å². The van der Waals surface area contributed by atoms with Crippen LogP contribution in [0.3, 0.4) is 0 Å². The van der Waals surface area contributed by atoms with E-state index in [0.717, 1.165) is 43.6 Å². The summed E-state index contributed by atoms with van der Waals surface area (Å²) in [5.41, 5.74) is 1.86. The lowest BCUT2D eigenvalue weighted by atomic mass is 9.85. The Hall–Kier alpha value is -1.34. The van der Waals surface area contributed by atoms with Crippen LogP contribution in [0.5, 0.6) is 5.88 Å². The van der Waals surface area contributed by atoms with Crippen LogP contribution in [0.15, 0.2) is 12.1 Å². The molecule has 2 heterocycles. The maximum absolute atomic E-state index is 12.3. The fourth-order valence-corrected chi connectivity index (χ4v) is 3.96. The molecule has 1 aliphatic heterocycles. The number of aliphatic hydroxyl groups is 1. The number of pyridine rings is 1. The van der Waals surface area contributed by atoms with E-state index in [2.05, 4.69) is 9.88 Å². The van der Waals surface area contributed by atoms with Gasteiger partial charge in [0.05, 0.1) is 6.10 Å². The molecule has 4 nitrogen and oxygen atoms in total. The molecule has 7 heteroatoms. The standard InChI is InChI=1S/C19H27F3N2O2.C2H6/c20-19(21,22)13-26-18-7-6-14-8-10-24(11-9-16(14)23-18)12-17(25)15-4-2-1-3-5-15;1-2/h6-7,15,17,25H,1-5,8-13H2;1-2H3. The highest BCUT2D eigenvalue weighted by atomic mass is 19.4. The first-order valence-corrected chi connectivity index (χ1v) is 10.5. The summed E-state index contributed by atoms with van der Waals surface area (Å²) in [6.45, 7) is 4.93. The average Bonchev–Trinajstić information content (AvgIpc) is 2.90. The SMILES string of the molecule is CC.OC(CN1CCc2ccc(OCC(F)(F)F)nc2CC1)C1CCCCC1. The summed E-state index contributed by atoms with van der Waals surface area (Å²) in [6, 6.07) is 3.33. The summed E-state index contributed by atoms with van der Waals surface area (Å²) >= 11 is 0. The van der Waals surface area contributed by atoms with Crippen molar-refractivity contribution in [3.63, 3.8) is 0 Å². The van der Waals surface area contributed by atoms with Gasteiger partial charge >= 0.3 is 6.18 Å². The van der Waals surface area contributed by atoms with Crippen molar-refractivity contribution in [1.82, 2.24) is 9.88 Å². The lowest BCUT2D eigenvalue weighted by Crippen LogP contribution is -2.38. The highest BCUT2D eigenvalue weighted by Gasteiger charge is 2.29. The molecule has 1 aromatic rings. The van der Waals surface area contributed by atoms with Gasteiger partial charge in [-0.3, -0.25) is 0 Å². The average molecular weight is 403 g/mol. The Morgan fingerprint density at radius 1 is 1.14 bits per heavy atom. The molecular formula is C21H33F3N2O2. The zero-order chi connectivity index (χ0) is 20.6. The molecule has 1 atom stereocenters. The van der Waals surface area contributed by atoms with Crippen LogP contribution in [0.1, 0.15) is 57.2 Å². The topological polar surface area (TPSA) is 45.6 Å². The van der Waals surface area contributed by atoms with Crippen LogP contribution < -0.4 is 4.74 Å². The van der Waals surface area contributed by atoms with Gasteiger partial charge in [0.2, 0.25) is 5.88 Å². The van der Waals surface area contributed by atoms with Crippen LogP contribution in [0, 0.1) is 5.92 Å². The van der Waals surface area contributed by atoms with Gasteiger partial charge in [0.15, 0.2) is 6.61 Å². The molecule has 1 N–H and O–H groups in total. The molecule has 1 unspecified atom stereocenters. The third-order valence-corrected chi connectivity index (χ3v) is 5.43. The quantitative estimate of drug-likeness (QED) is 0.793. The van der Waals surface area contributed by atoms with Gasteiger partial charge in [-0.2, -0.15) is 13.2 Å².